The molecule has 2 unspecified atom stereocenters. The standard InChI is InChI=1S/C15H23FN4O/c1-2-7-17-8-9-18-15(21)13-10-19-20-14(13)11-3-5-12(16)6-4-11/h3-6,13-14,17,19-20H,2,7-10H2,1H3,(H,18,21). The predicted molar refractivity (Wildman–Crippen MR) is 79.9 cm³/mol. The van der Waals surface area contributed by atoms with Crippen molar-refractivity contribution < 1.29 is 9.18 Å². The molecule has 2 atom stereocenters. The van der Waals surface area contributed by atoms with Gasteiger partial charge in [0.15, 0.2) is 0 Å². The van der Waals surface area contributed by atoms with Crippen LogP contribution in [0.1, 0.15) is 24.9 Å². The zero-order chi connectivity index (χ0) is 15.1. The Balaban J connectivity index is 1.86. The molecule has 1 amide bonds. The number of hydrogen-bond acceptors (Lipinski definition) is 4. The van der Waals surface area contributed by atoms with E-state index in [1.165, 1.54) is 12.1 Å². The zero-order valence-electron chi connectivity index (χ0n) is 12.3. The lowest BCUT2D eigenvalue weighted by Gasteiger charge is -2.18. The molecule has 0 spiro atoms. The van der Waals surface area contributed by atoms with Crippen LogP contribution in [0.25, 0.3) is 0 Å². The summed E-state index contributed by atoms with van der Waals surface area (Å²) in [6, 6.07) is 6.12. The first-order valence-electron chi connectivity index (χ1n) is 7.44. The Morgan fingerprint density at radius 1 is 1.29 bits per heavy atom. The Hall–Kier alpha value is -1.50. The first-order valence-corrected chi connectivity index (χ1v) is 7.44. The highest BCUT2D eigenvalue weighted by Crippen LogP contribution is 2.25. The summed E-state index contributed by atoms with van der Waals surface area (Å²) in [4.78, 5) is 12.2. The van der Waals surface area contributed by atoms with E-state index >= 15 is 0 Å². The van der Waals surface area contributed by atoms with Crippen molar-refractivity contribution in [2.24, 2.45) is 5.92 Å². The minimum atomic E-state index is -0.271. The van der Waals surface area contributed by atoms with E-state index in [1.807, 2.05) is 0 Å². The highest BCUT2D eigenvalue weighted by molar-refractivity contribution is 5.80. The fourth-order valence-corrected chi connectivity index (χ4v) is 2.43. The predicted octanol–water partition coefficient (Wildman–Crippen LogP) is 0.707. The highest BCUT2D eigenvalue weighted by Gasteiger charge is 2.33. The number of halogens is 1. The van der Waals surface area contributed by atoms with Gasteiger partial charge in [0.2, 0.25) is 5.91 Å². The van der Waals surface area contributed by atoms with Crippen LogP contribution in [-0.2, 0) is 4.79 Å². The van der Waals surface area contributed by atoms with Crippen LogP contribution in [0.5, 0.6) is 0 Å². The van der Waals surface area contributed by atoms with Gasteiger partial charge in [-0.05, 0) is 30.7 Å². The summed E-state index contributed by atoms with van der Waals surface area (Å²) in [6.45, 7) is 5.02. The summed E-state index contributed by atoms with van der Waals surface area (Å²) < 4.78 is 13.0. The Labute approximate surface area is 124 Å². The van der Waals surface area contributed by atoms with Gasteiger partial charge in [-0.15, -0.1) is 0 Å². The molecule has 1 aromatic carbocycles. The molecule has 4 N–H and O–H groups in total. The largest absolute Gasteiger partial charge is 0.354 e. The fourth-order valence-electron chi connectivity index (χ4n) is 2.43. The van der Waals surface area contributed by atoms with Gasteiger partial charge in [-0.1, -0.05) is 19.1 Å². The van der Waals surface area contributed by atoms with Crippen LogP contribution in [0.15, 0.2) is 24.3 Å². The monoisotopic (exact) mass is 294 g/mol. The summed E-state index contributed by atoms with van der Waals surface area (Å²) in [5.74, 6) is -0.450. The minimum absolute atomic E-state index is 0.0140. The van der Waals surface area contributed by atoms with Crippen molar-refractivity contribution in [2.75, 3.05) is 26.2 Å². The molecular formula is C15H23FN4O. The van der Waals surface area contributed by atoms with Gasteiger partial charge in [0.1, 0.15) is 5.82 Å². The molecule has 1 saturated heterocycles. The molecule has 1 aliphatic heterocycles. The molecule has 2 rings (SSSR count). The van der Waals surface area contributed by atoms with Gasteiger partial charge in [0, 0.05) is 19.6 Å². The first kappa shape index (κ1) is 15.9. The van der Waals surface area contributed by atoms with Gasteiger partial charge in [0.25, 0.3) is 0 Å². The number of hydrazine groups is 1. The molecule has 0 aliphatic carbocycles. The van der Waals surface area contributed by atoms with Crippen molar-refractivity contribution in [3.8, 4) is 0 Å². The van der Waals surface area contributed by atoms with E-state index in [-0.39, 0.29) is 23.7 Å². The van der Waals surface area contributed by atoms with E-state index < -0.39 is 0 Å². The number of amides is 1. The molecule has 1 aliphatic rings. The molecule has 1 heterocycles. The molecule has 1 fully saturated rings. The summed E-state index contributed by atoms with van der Waals surface area (Å²) in [5, 5.41) is 6.18. The lowest BCUT2D eigenvalue weighted by Crippen LogP contribution is -2.38. The van der Waals surface area contributed by atoms with Gasteiger partial charge >= 0.3 is 0 Å². The molecule has 0 radical (unpaired) electrons. The van der Waals surface area contributed by atoms with Crippen LogP contribution in [0, 0.1) is 11.7 Å². The maximum absolute atomic E-state index is 13.0. The third-order valence-electron chi connectivity index (χ3n) is 3.58. The summed E-state index contributed by atoms with van der Waals surface area (Å²) >= 11 is 0. The second kappa shape index (κ2) is 8.07. The van der Waals surface area contributed by atoms with Crippen molar-refractivity contribution in [1.29, 1.82) is 0 Å². The third-order valence-corrected chi connectivity index (χ3v) is 3.58. The smallest absolute Gasteiger partial charge is 0.226 e. The van der Waals surface area contributed by atoms with Crippen molar-refractivity contribution in [1.82, 2.24) is 21.5 Å². The van der Waals surface area contributed by atoms with Crippen LogP contribution >= 0.6 is 0 Å². The number of carbonyl (C=O) groups is 1. The Kier molecular flexibility index (Phi) is 6.10. The number of nitrogens with one attached hydrogen (secondary N) is 4. The van der Waals surface area contributed by atoms with Gasteiger partial charge < -0.3 is 10.6 Å². The number of carbonyl (C=O) groups excluding carboxylic acids is 1. The molecule has 0 saturated carbocycles. The minimum Gasteiger partial charge on any atom is -0.354 e. The fraction of sp³-hybridized carbons (Fsp3) is 0.533. The van der Waals surface area contributed by atoms with Crippen molar-refractivity contribution in [3.05, 3.63) is 35.6 Å². The summed E-state index contributed by atoms with van der Waals surface area (Å²) in [6.07, 6.45) is 1.08. The number of rotatable bonds is 7. The molecule has 21 heavy (non-hydrogen) atoms. The van der Waals surface area contributed by atoms with E-state index in [9.17, 15) is 9.18 Å². The Bertz CT molecular complexity index is 451. The quantitative estimate of drug-likeness (QED) is 0.559. The van der Waals surface area contributed by atoms with Crippen LogP contribution in [-0.4, -0.2) is 32.1 Å². The lowest BCUT2D eigenvalue weighted by atomic mass is 9.94. The molecular weight excluding hydrogens is 271 g/mol. The summed E-state index contributed by atoms with van der Waals surface area (Å²) in [5.41, 5.74) is 7.00. The van der Waals surface area contributed by atoms with Gasteiger partial charge in [-0.2, -0.15) is 0 Å². The SMILES string of the molecule is CCCNCCNC(=O)C1CNNC1c1ccc(F)cc1. The zero-order valence-corrected chi connectivity index (χ0v) is 12.3. The average Bonchev–Trinajstić information content (AvgIpc) is 2.97. The van der Waals surface area contributed by atoms with E-state index in [0.717, 1.165) is 25.1 Å². The average molecular weight is 294 g/mol. The maximum atomic E-state index is 13.0. The van der Waals surface area contributed by atoms with Gasteiger partial charge in [-0.25, -0.2) is 9.82 Å². The van der Waals surface area contributed by atoms with E-state index in [2.05, 4.69) is 28.4 Å². The molecule has 6 heteroatoms. The van der Waals surface area contributed by atoms with Crippen LogP contribution < -0.4 is 21.5 Å². The summed E-state index contributed by atoms with van der Waals surface area (Å²) in [7, 11) is 0. The lowest BCUT2D eigenvalue weighted by molar-refractivity contribution is -0.124. The van der Waals surface area contributed by atoms with E-state index in [1.54, 1.807) is 12.1 Å². The van der Waals surface area contributed by atoms with Gasteiger partial charge in [0.05, 0.1) is 12.0 Å². The van der Waals surface area contributed by atoms with E-state index in [4.69, 9.17) is 0 Å². The topological polar surface area (TPSA) is 65.2 Å². The van der Waals surface area contributed by atoms with Crippen LogP contribution in [0.2, 0.25) is 0 Å². The van der Waals surface area contributed by atoms with Crippen LogP contribution in [0.4, 0.5) is 4.39 Å². The number of hydrogen-bond donors (Lipinski definition) is 4. The molecule has 5 nitrogen and oxygen atoms in total. The molecule has 116 valence electrons. The van der Waals surface area contributed by atoms with Crippen molar-refractivity contribution in [3.63, 3.8) is 0 Å². The molecule has 0 aromatic heterocycles. The number of benzene rings is 1. The van der Waals surface area contributed by atoms with Crippen molar-refractivity contribution >= 4 is 5.91 Å². The molecule has 0 bridgehead atoms. The van der Waals surface area contributed by atoms with Crippen LogP contribution in [0.3, 0.4) is 0 Å². The molecule has 1 aromatic rings. The van der Waals surface area contributed by atoms with E-state index in [0.29, 0.717) is 13.1 Å². The Morgan fingerprint density at radius 2 is 2.05 bits per heavy atom. The van der Waals surface area contributed by atoms with Gasteiger partial charge in [-0.3, -0.25) is 10.2 Å². The Morgan fingerprint density at radius 3 is 2.76 bits per heavy atom. The normalized spacial score (nSPS) is 21.4. The second-order valence-corrected chi connectivity index (χ2v) is 5.20. The first-order chi connectivity index (χ1) is 10.2. The second-order valence-electron chi connectivity index (χ2n) is 5.20. The highest BCUT2D eigenvalue weighted by atomic mass is 19.1. The third kappa shape index (κ3) is 4.49. The maximum Gasteiger partial charge on any atom is 0.226 e. The van der Waals surface area contributed by atoms with Crippen molar-refractivity contribution in [2.45, 2.75) is 19.4 Å².